The second-order valence-electron chi connectivity index (χ2n) is 21.0. The zero-order valence-electron chi connectivity index (χ0n) is 41.9. The van der Waals surface area contributed by atoms with E-state index in [1.807, 2.05) is 13.8 Å². The fourth-order valence-electron chi connectivity index (χ4n) is 11.3. The normalized spacial score (nSPS) is 26.6. The molecular weight excluding hydrogens is 813 g/mol. The van der Waals surface area contributed by atoms with Crippen molar-refractivity contribution in [1.82, 2.24) is 20.6 Å². The van der Waals surface area contributed by atoms with Gasteiger partial charge in [-0.1, -0.05) is 113 Å². The molecule has 5 heterocycles. The summed E-state index contributed by atoms with van der Waals surface area (Å²) >= 11 is 0. The number of rotatable bonds is 21. The predicted octanol–water partition coefficient (Wildman–Crippen LogP) is 12.4. The Morgan fingerprint density at radius 1 is 0.723 bits per heavy atom. The first-order valence-electron chi connectivity index (χ1n) is 25.3. The molecule has 0 amide bonds. The summed E-state index contributed by atoms with van der Waals surface area (Å²) in [6.45, 7) is 24.4. The fourth-order valence-corrected chi connectivity index (χ4v) is 11.3. The summed E-state index contributed by atoms with van der Waals surface area (Å²) in [6.07, 6.45) is 19.6. The molecule has 8 bridgehead atoms. The summed E-state index contributed by atoms with van der Waals surface area (Å²) in [5.74, 6) is 0.603. The lowest BCUT2D eigenvalue weighted by molar-refractivity contribution is -0.144. The number of hydrogen-bond acceptors (Lipinski definition) is 8. The SMILES string of the molecule is CC[C@H]1/C2=C/c3[nH]c4c(c3C)C(=O)[C@H](C(=O)OC)/C4=C3/N/C(=C\c4[nH]c(c([C@H](C)O)c4C)/C=C(\N2)[C@@H]1C)[C@@H](C)[C@@H]3CCC(=O)OCCC(C)CCC[C@H](C)CCC[C@H](C)CCCC(C)C. The van der Waals surface area contributed by atoms with Crippen LogP contribution >= 0.6 is 0 Å². The molecular formula is C55H82N4O6. The number of carbonyl (C=O) groups is 3. The van der Waals surface area contributed by atoms with Crippen LogP contribution in [-0.4, -0.2) is 46.5 Å². The van der Waals surface area contributed by atoms with Crippen LogP contribution in [0.15, 0.2) is 22.8 Å². The molecule has 0 spiro atoms. The summed E-state index contributed by atoms with van der Waals surface area (Å²) in [6, 6.07) is 0. The molecule has 1 unspecified atom stereocenters. The average Bonchev–Trinajstić information content (AvgIpc) is 4.00. The third-order valence-corrected chi connectivity index (χ3v) is 15.5. The van der Waals surface area contributed by atoms with E-state index in [-0.39, 0.29) is 41.8 Å². The number of methoxy groups -OCH3 is 1. The number of carbonyl (C=O) groups excluding carboxylic acids is 3. The second kappa shape index (κ2) is 22.0. The van der Waals surface area contributed by atoms with Crippen LogP contribution in [0.4, 0.5) is 0 Å². The van der Waals surface area contributed by atoms with Crippen LogP contribution < -0.4 is 10.6 Å². The Balaban J connectivity index is 1.19. The quantitative estimate of drug-likeness (QED) is 0.0615. The van der Waals surface area contributed by atoms with Crippen LogP contribution in [0.1, 0.15) is 202 Å². The molecule has 9 atom stereocenters. The van der Waals surface area contributed by atoms with Gasteiger partial charge >= 0.3 is 11.9 Å². The van der Waals surface area contributed by atoms with Crippen molar-refractivity contribution in [2.45, 2.75) is 166 Å². The minimum Gasteiger partial charge on any atom is -0.468 e. The molecule has 3 aliphatic heterocycles. The predicted molar refractivity (Wildman–Crippen MR) is 263 cm³/mol. The molecule has 5 N–H and O–H groups in total. The van der Waals surface area contributed by atoms with E-state index in [2.05, 4.69) is 94.2 Å². The minimum atomic E-state index is -1.15. The number of hydrogen-bond donors (Lipinski definition) is 5. The van der Waals surface area contributed by atoms with E-state index < -0.39 is 18.0 Å². The molecule has 2 saturated heterocycles. The molecule has 0 saturated carbocycles. The van der Waals surface area contributed by atoms with Gasteiger partial charge in [0.05, 0.1) is 25.5 Å². The maximum Gasteiger partial charge on any atom is 0.321 e. The molecule has 65 heavy (non-hydrogen) atoms. The highest BCUT2D eigenvalue weighted by Gasteiger charge is 2.49. The number of allylic oxidation sites excluding steroid dienone is 4. The van der Waals surface area contributed by atoms with Gasteiger partial charge in [0.1, 0.15) is 5.92 Å². The lowest BCUT2D eigenvalue weighted by Crippen LogP contribution is -2.25. The lowest BCUT2D eigenvalue weighted by atomic mass is 9.85. The van der Waals surface area contributed by atoms with Gasteiger partial charge in [0.2, 0.25) is 0 Å². The van der Waals surface area contributed by atoms with E-state index in [1.54, 1.807) is 6.92 Å². The van der Waals surface area contributed by atoms with Gasteiger partial charge in [-0.15, -0.1) is 0 Å². The first-order chi connectivity index (χ1) is 30.9. The van der Waals surface area contributed by atoms with Crippen LogP contribution in [-0.2, 0) is 19.1 Å². The Labute approximate surface area is 390 Å². The van der Waals surface area contributed by atoms with Crippen LogP contribution in [0.2, 0.25) is 0 Å². The number of aliphatic hydroxyl groups is 1. The van der Waals surface area contributed by atoms with E-state index in [0.717, 1.165) is 93.6 Å². The summed E-state index contributed by atoms with van der Waals surface area (Å²) < 4.78 is 11.2. The molecule has 4 aliphatic rings. The van der Waals surface area contributed by atoms with Gasteiger partial charge in [-0.2, -0.15) is 0 Å². The molecule has 10 nitrogen and oxygen atoms in total. The van der Waals surface area contributed by atoms with Gasteiger partial charge < -0.3 is 35.2 Å². The highest BCUT2D eigenvalue weighted by molar-refractivity contribution is 6.24. The minimum absolute atomic E-state index is 0.112. The Kier molecular flexibility index (Phi) is 17.0. The molecule has 358 valence electrons. The van der Waals surface area contributed by atoms with Crippen LogP contribution in [0, 0.1) is 67.1 Å². The first kappa shape index (κ1) is 50.1. The molecule has 2 fully saturated rings. The zero-order chi connectivity index (χ0) is 47.3. The van der Waals surface area contributed by atoms with E-state index >= 15 is 0 Å². The highest BCUT2D eigenvalue weighted by atomic mass is 16.5. The summed E-state index contributed by atoms with van der Waals surface area (Å²) in [5.41, 5.74) is 10.5. The molecule has 1 aliphatic carbocycles. The van der Waals surface area contributed by atoms with Crippen molar-refractivity contribution in [2.24, 2.45) is 53.3 Å². The topological polar surface area (TPSA) is 146 Å². The second-order valence-corrected chi connectivity index (χ2v) is 21.0. The van der Waals surface area contributed by atoms with E-state index in [4.69, 9.17) is 9.47 Å². The number of aromatic amines is 2. The number of aliphatic hydroxyl groups excluding tert-OH is 1. The molecule has 6 rings (SSSR count). The Morgan fingerprint density at radius 3 is 1.88 bits per heavy atom. The fraction of sp³-hybridized carbons (Fsp3) is 0.655. The molecule has 0 aromatic carbocycles. The molecule has 2 aromatic heterocycles. The van der Waals surface area contributed by atoms with Crippen LogP contribution in [0.3, 0.4) is 0 Å². The summed E-state index contributed by atoms with van der Waals surface area (Å²) in [4.78, 5) is 48.8. The van der Waals surface area contributed by atoms with Crippen LogP contribution in [0.5, 0.6) is 0 Å². The largest absolute Gasteiger partial charge is 0.468 e. The smallest absolute Gasteiger partial charge is 0.321 e. The Hall–Kier alpha value is -4.31. The third-order valence-electron chi connectivity index (χ3n) is 15.5. The van der Waals surface area contributed by atoms with Crippen LogP contribution in [0.25, 0.3) is 23.8 Å². The molecule has 10 heteroatoms. The number of aromatic nitrogens is 2. The van der Waals surface area contributed by atoms with E-state index in [0.29, 0.717) is 35.8 Å². The zero-order valence-corrected chi connectivity index (χ0v) is 41.9. The van der Waals surface area contributed by atoms with Gasteiger partial charge in [0.25, 0.3) is 0 Å². The van der Waals surface area contributed by atoms with Gasteiger partial charge in [0, 0.05) is 86.7 Å². The molecule has 2 aromatic rings. The molecule has 0 radical (unpaired) electrons. The number of esters is 2. The summed E-state index contributed by atoms with van der Waals surface area (Å²) in [7, 11) is 1.32. The first-order valence-corrected chi connectivity index (χ1v) is 25.3. The van der Waals surface area contributed by atoms with Crippen molar-refractivity contribution < 1.29 is 29.0 Å². The Bertz CT molecular complexity index is 2160. The standard InChI is InChI=1S/C55H82N4O6/c1-13-39-34(7)41-29-46-48(38(11)60)36(9)43(57-46)27-42-35(8)40(52(58-42)50-51(55(63)64-12)54(62)49-37(10)44(59-53(49)50)28-45(39)56-41)23-24-47(61)65-26-25-33(6)22-16-21-32(5)20-15-19-31(4)18-14-17-30(2)3/h27-35,38-40,51,56-60H,13-26H2,1-12H3/b41-29-,42-27-,45-28-,52-50-/t31-,32-,33?,34-,35+,38+,39-,40+,51-/m1/s1. The number of nitrogens with one attached hydrogen (secondary N) is 4. The van der Waals surface area contributed by atoms with E-state index in [9.17, 15) is 19.5 Å². The number of Topliss-reactive ketones (excluding diaryl/α,β-unsaturated/α-hetero) is 1. The Morgan fingerprint density at radius 2 is 1.28 bits per heavy atom. The average molecular weight is 895 g/mol. The third kappa shape index (κ3) is 11.3. The number of fused-ring (bicyclic) bond motifs is 7. The van der Waals surface area contributed by atoms with E-state index in [1.165, 1.54) is 58.5 Å². The van der Waals surface area contributed by atoms with Crippen molar-refractivity contribution in [3.63, 3.8) is 0 Å². The maximum absolute atomic E-state index is 14.4. The van der Waals surface area contributed by atoms with Gasteiger partial charge in [-0.3, -0.25) is 14.4 Å². The van der Waals surface area contributed by atoms with Crippen molar-refractivity contribution in [1.29, 1.82) is 0 Å². The lowest BCUT2D eigenvalue weighted by Gasteiger charge is -2.20. The van der Waals surface area contributed by atoms with Crippen molar-refractivity contribution >= 4 is 41.5 Å². The maximum atomic E-state index is 14.4. The van der Waals surface area contributed by atoms with Crippen molar-refractivity contribution in [2.75, 3.05) is 13.7 Å². The number of ether oxygens (including phenoxy) is 2. The monoisotopic (exact) mass is 895 g/mol. The van der Waals surface area contributed by atoms with Gasteiger partial charge in [0.15, 0.2) is 5.78 Å². The number of H-pyrrole nitrogens is 2. The number of ketones is 1. The van der Waals surface area contributed by atoms with Gasteiger partial charge in [-0.25, -0.2) is 0 Å². The van der Waals surface area contributed by atoms with Crippen molar-refractivity contribution in [3.8, 4) is 0 Å². The highest BCUT2D eigenvalue weighted by Crippen LogP contribution is 2.49. The summed E-state index contributed by atoms with van der Waals surface area (Å²) in [5, 5.41) is 18.5. The van der Waals surface area contributed by atoms with Crippen molar-refractivity contribution in [3.05, 3.63) is 67.8 Å². The van der Waals surface area contributed by atoms with Gasteiger partial charge in [-0.05, 0) is 93.1 Å².